The fourth-order valence-electron chi connectivity index (χ4n) is 8.67. The molecule has 0 amide bonds. The van der Waals surface area contributed by atoms with E-state index in [1.165, 1.54) is 186 Å². The molecular weight excluding hydrogens is 743 g/mol. The second kappa shape index (κ2) is 47.3. The number of hydrogen-bond donors (Lipinski definition) is 0. The van der Waals surface area contributed by atoms with Gasteiger partial charge >= 0.3 is 11.9 Å². The van der Waals surface area contributed by atoms with Crippen LogP contribution in [0, 0.1) is 11.8 Å². The average molecular weight is 850 g/mol. The molecule has 0 atom stereocenters. The zero-order valence-corrected chi connectivity index (χ0v) is 41.6. The Kier molecular flexibility index (Phi) is 46.4. The summed E-state index contributed by atoms with van der Waals surface area (Å²) < 4.78 is 17.8. The molecule has 0 heterocycles. The predicted molar refractivity (Wildman–Crippen MR) is 260 cm³/mol. The van der Waals surface area contributed by atoms with Crippen LogP contribution in [0.3, 0.4) is 0 Å². The van der Waals surface area contributed by atoms with Crippen molar-refractivity contribution in [2.45, 2.75) is 285 Å². The smallest absolute Gasteiger partial charge is 0.305 e. The van der Waals surface area contributed by atoms with Crippen LogP contribution >= 0.6 is 0 Å². The first-order valence-corrected chi connectivity index (χ1v) is 27.0. The standard InChI is InChI=1S/C54H107NO5/c1-7-12-26-36-50(37-27-13-8-2)44-48-59-53(56)42-32-24-20-16-18-22-30-40-52(58-47-35-34-46-55(6)11-5)41-31-23-19-17-21-25-33-43-54(57)60-49-45-51(38-28-14-9-3)39-29-15-10-4/h50-52H,7-49H2,1-6H3. The zero-order valence-electron chi connectivity index (χ0n) is 41.6. The minimum atomic E-state index is 0.0120. The van der Waals surface area contributed by atoms with Crippen molar-refractivity contribution in [2.24, 2.45) is 11.8 Å². The Balaban J connectivity index is 4.17. The molecule has 358 valence electrons. The highest BCUT2D eigenvalue weighted by Gasteiger charge is 2.13. The van der Waals surface area contributed by atoms with E-state index in [0.717, 1.165) is 76.5 Å². The topological polar surface area (TPSA) is 65.1 Å². The maximum atomic E-state index is 12.4. The molecule has 0 saturated heterocycles. The molecule has 60 heavy (non-hydrogen) atoms. The zero-order chi connectivity index (χ0) is 44.0. The van der Waals surface area contributed by atoms with Crippen molar-refractivity contribution in [3.63, 3.8) is 0 Å². The van der Waals surface area contributed by atoms with E-state index < -0.39 is 0 Å². The van der Waals surface area contributed by atoms with Crippen LogP contribution in [-0.4, -0.2) is 62.9 Å². The Hall–Kier alpha value is -1.14. The third-order valence-corrected chi connectivity index (χ3v) is 13.1. The molecular formula is C54H107NO5. The van der Waals surface area contributed by atoms with Gasteiger partial charge in [0.05, 0.1) is 19.3 Å². The molecule has 0 aromatic heterocycles. The average Bonchev–Trinajstić information content (AvgIpc) is 3.24. The van der Waals surface area contributed by atoms with E-state index >= 15 is 0 Å². The Bertz CT molecular complexity index is 802. The van der Waals surface area contributed by atoms with Crippen LogP contribution in [0.25, 0.3) is 0 Å². The molecule has 0 N–H and O–H groups in total. The van der Waals surface area contributed by atoms with Gasteiger partial charge in [0.15, 0.2) is 0 Å². The lowest BCUT2D eigenvalue weighted by molar-refractivity contribution is -0.145. The Labute approximate surface area is 376 Å². The van der Waals surface area contributed by atoms with Crippen molar-refractivity contribution in [1.82, 2.24) is 4.90 Å². The second-order valence-corrected chi connectivity index (χ2v) is 18.9. The number of ether oxygens (including phenoxy) is 3. The van der Waals surface area contributed by atoms with E-state index in [2.05, 4.69) is 46.6 Å². The first-order valence-electron chi connectivity index (χ1n) is 27.0. The summed E-state index contributed by atoms with van der Waals surface area (Å²) in [5.41, 5.74) is 0. The lowest BCUT2D eigenvalue weighted by atomic mass is 9.92. The van der Waals surface area contributed by atoms with Crippen LogP contribution in [0.1, 0.15) is 279 Å². The maximum Gasteiger partial charge on any atom is 0.305 e. The maximum absolute atomic E-state index is 12.4. The molecule has 0 aliphatic rings. The van der Waals surface area contributed by atoms with Crippen LogP contribution in [0.15, 0.2) is 0 Å². The van der Waals surface area contributed by atoms with Crippen LogP contribution in [0.4, 0.5) is 0 Å². The third kappa shape index (κ3) is 42.2. The molecule has 0 aliphatic heterocycles. The van der Waals surface area contributed by atoms with Gasteiger partial charge in [-0.25, -0.2) is 0 Å². The van der Waals surface area contributed by atoms with Crippen molar-refractivity contribution in [1.29, 1.82) is 0 Å². The summed E-state index contributed by atoms with van der Waals surface area (Å²) in [4.78, 5) is 27.1. The van der Waals surface area contributed by atoms with Gasteiger partial charge in [0, 0.05) is 19.4 Å². The molecule has 0 spiro atoms. The van der Waals surface area contributed by atoms with E-state index in [-0.39, 0.29) is 11.9 Å². The van der Waals surface area contributed by atoms with Crippen molar-refractivity contribution < 1.29 is 23.8 Å². The van der Waals surface area contributed by atoms with E-state index in [4.69, 9.17) is 14.2 Å². The monoisotopic (exact) mass is 850 g/mol. The van der Waals surface area contributed by atoms with Gasteiger partial charge in [-0.2, -0.15) is 0 Å². The molecule has 0 aromatic rings. The van der Waals surface area contributed by atoms with Gasteiger partial charge in [-0.15, -0.1) is 0 Å². The normalized spacial score (nSPS) is 11.8. The predicted octanol–water partition coefficient (Wildman–Crippen LogP) is 16.5. The highest BCUT2D eigenvalue weighted by atomic mass is 16.5. The van der Waals surface area contributed by atoms with Crippen molar-refractivity contribution >= 4 is 11.9 Å². The Morgan fingerprint density at radius 2 is 0.733 bits per heavy atom. The van der Waals surface area contributed by atoms with Crippen LogP contribution < -0.4 is 0 Å². The van der Waals surface area contributed by atoms with Gasteiger partial charge in [0.2, 0.25) is 0 Å². The van der Waals surface area contributed by atoms with Gasteiger partial charge in [-0.3, -0.25) is 9.59 Å². The molecule has 6 nitrogen and oxygen atoms in total. The number of hydrogen-bond acceptors (Lipinski definition) is 6. The Morgan fingerprint density at radius 3 is 1.10 bits per heavy atom. The Morgan fingerprint density at radius 1 is 0.383 bits per heavy atom. The van der Waals surface area contributed by atoms with E-state index in [9.17, 15) is 9.59 Å². The molecule has 0 saturated carbocycles. The van der Waals surface area contributed by atoms with E-state index in [0.29, 0.717) is 32.2 Å². The summed E-state index contributed by atoms with van der Waals surface area (Å²) >= 11 is 0. The number of carbonyl (C=O) groups excluding carboxylic acids is 2. The number of nitrogens with zero attached hydrogens (tertiary/aromatic N) is 1. The lowest BCUT2D eigenvalue weighted by Gasteiger charge is -2.19. The number of esters is 2. The summed E-state index contributed by atoms with van der Waals surface area (Å²) in [6, 6.07) is 0. The van der Waals surface area contributed by atoms with Crippen molar-refractivity contribution in [3.05, 3.63) is 0 Å². The van der Waals surface area contributed by atoms with Crippen LogP contribution in [-0.2, 0) is 23.8 Å². The molecule has 6 heteroatoms. The fourth-order valence-corrected chi connectivity index (χ4v) is 8.67. The third-order valence-electron chi connectivity index (χ3n) is 13.1. The molecule has 0 aromatic carbocycles. The minimum Gasteiger partial charge on any atom is -0.466 e. The molecule has 0 fully saturated rings. The number of unbranched alkanes of at least 4 members (excludes halogenated alkanes) is 21. The largest absolute Gasteiger partial charge is 0.466 e. The molecule has 0 radical (unpaired) electrons. The van der Waals surface area contributed by atoms with Crippen molar-refractivity contribution in [3.8, 4) is 0 Å². The summed E-state index contributed by atoms with van der Waals surface area (Å²) in [6.45, 7) is 15.7. The summed E-state index contributed by atoms with van der Waals surface area (Å²) in [5, 5.41) is 0. The molecule has 0 rings (SSSR count). The van der Waals surface area contributed by atoms with Gasteiger partial charge in [-0.05, 0) is 83.3 Å². The van der Waals surface area contributed by atoms with Crippen LogP contribution in [0.2, 0.25) is 0 Å². The van der Waals surface area contributed by atoms with Crippen molar-refractivity contribution in [2.75, 3.05) is 40.0 Å². The molecule has 0 unspecified atom stereocenters. The van der Waals surface area contributed by atoms with Gasteiger partial charge in [0.1, 0.15) is 0 Å². The summed E-state index contributed by atoms with van der Waals surface area (Å²) in [7, 11) is 2.20. The number of rotatable bonds is 49. The SMILES string of the molecule is CCCCCC(CCCCC)CCOC(=O)CCCCCCCCCC(CCCCCCCCCC(=O)OCCC(CCCCC)CCCCC)OCCCCN(C)CC. The highest BCUT2D eigenvalue weighted by molar-refractivity contribution is 5.69. The quantitative estimate of drug-likeness (QED) is 0.0449. The molecule has 0 aliphatic carbocycles. The lowest BCUT2D eigenvalue weighted by Crippen LogP contribution is -2.20. The first-order chi connectivity index (χ1) is 29.4. The van der Waals surface area contributed by atoms with Gasteiger partial charge < -0.3 is 19.1 Å². The second-order valence-electron chi connectivity index (χ2n) is 18.9. The van der Waals surface area contributed by atoms with Crippen LogP contribution in [0.5, 0.6) is 0 Å². The van der Waals surface area contributed by atoms with E-state index in [1.807, 2.05) is 0 Å². The summed E-state index contributed by atoms with van der Waals surface area (Å²) in [5.74, 6) is 1.47. The molecule has 0 bridgehead atoms. The fraction of sp³-hybridized carbons (Fsp3) is 0.963. The highest BCUT2D eigenvalue weighted by Crippen LogP contribution is 2.23. The first kappa shape index (κ1) is 58.9. The van der Waals surface area contributed by atoms with Gasteiger partial charge in [-0.1, -0.05) is 214 Å². The van der Waals surface area contributed by atoms with Gasteiger partial charge in [0.25, 0.3) is 0 Å². The summed E-state index contributed by atoms with van der Waals surface area (Å²) in [6.07, 6.45) is 46.0. The van der Waals surface area contributed by atoms with E-state index in [1.54, 1.807) is 0 Å². The number of carbonyl (C=O) groups is 2. The minimum absolute atomic E-state index is 0.0120.